The molecule has 192 valence electrons. The summed E-state index contributed by atoms with van der Waals surface area (Å²) in [5, 5.41) is 3.63. The van der Waals surface area contributed by atoms with Crippen molar-refractivity contribution in [3.8, 4) is 0 Å². The molecule has 0 saturated heterocycles. The minimum absolute atomic E-state index is 0.0464. The molecule has 0 bridgehead atoms. The Hall–Kier alpha value is -2.29. The first-order valence-corrected chi connectivity index (χ1v) is 14.1. The maximum absolute atomic E-state index is 13.7. The molecule has 7 nitrogen and oxygen atoms in total. The van der Waals surface area contributed by atoms with E-state index < -0.39 is 28.5 Å². The number of benzene rings is 2. The predicted molar refractivity (Wildman–Crippen MR) is 142 cm³/mol. The van der Waals surface area contributed by atoms with E-state index in [1.165, 1.54) is 4.90 Å². The minimum atomic E-state index is -3.79. The zero-order valence-electron chi connectivity index (χ0n) is 20.7. The maximum atomic E-state index is 13.7. The summed E-state index contributed by atoms with van der Waals surface area (Å²) in [7, 11) is -3.79. The van der Waals surface area contributed by atoms with E-state index in [1.807, 2.05) is 26.8 Å². The lowest BCUT2D eigenvalue weighted by molar-refractivity contribution is -0.140. The van der Waals surface area contributed by atoms with E-state index in [1.54, 1.807) is 43.3 Å². The van der Waals surface area contributed by atoms with E-state index in [0.29, 0.717) is 27.7 Å². The number of anilines is 1. The van der Waals surface area contributed by atoms with Crippen LogP contribution in [0.3, 0.4) is 0 Å². The predicted octanol–water partition coefficient (Wildman–Crippen LogP) is 4.79. The van der Waals surface area contributed by atoms with Gasteiger partial charge in [0.1, 0.15) is 12.6 Å². The van der Waals surface area contributed by atoms with E-state index in [0.717, 1.165) is 22.5 Å². The third-order valence-corrected chi connectivity index (χ3v) is 7.59. The SMILES string of the molecule is CCC(C)NC(=O)C(CC)N(Cc1c(Cl)cccc1Cl)C(=O)CN(c1cccc(C)c1)S(C)(=O)=O. The van der Waals surface area contributed by atoms with E-state index in [9.17, 15) is 18.0 Å². The Bertz CT molecular complexity index is 1140. The summed E-state index contributed by atoms with van der Waals surface area (Å²) in [6, 6.07) is 11.0. The first-order valence-electron chi connectivity index (χ1n) is 11.5. The number of carbonyl (C=O) groups is 2. The largest absolute Gasteiger partial charge is 0.352 e. The van der Waals surface area contributed by atoms with Crippen LogP contribution in [-0.2, 0) is 26.2 Å². The molecule has 2 aromatic rings. The first-order chi connectivity index (χ1) is 16.4. The van der Waals surface area contributed by atoms with Crippen molar-refractivity contribution in [3.05, 3.63) is 63.6 Å². The first kappa shape index (κ1) is 28.9. The monoisotopic (exact) mass is 541 g/mol. The molecule has 2 aromatic carbocycles. The molecule has 2 unspecified atom stereocenters. The molecule has 35 heavy (non-hydrogen) atoms. The van der Waals surface area contributed by atoms with Crippen molar-refractivity contribution in [2.75, 3.05) is 17.1 Å². The Morgan fingerprint density at radius 3 is 2.14 bits per heavy atom. The van der Waals surface area contributed by atoms with Gasteiger partial charge in [0.05, 0.1) is 11.9 Å². The second-order valence-corrected chi connectivity index (χ2v) is 11.3. The lowest BCUT2D eigenvalue weighted by Crippen LogP contribution is -2.53. The summed E-state index contributed by atoms with van der Waals surface area (Å²) in [5.74, 6) is -0.862. The van der Waals surface area contributed by atoms with Crippen LogP contribution in [-0.4, -0.2) is 50.0 Å². The second kappa shape index (κ2) is 12.6. The van der Waals surface area contributed by atoms with Gasteiger partial charge in [-0.1, -0.05) is 55.2 Å². The maximum Gasteiger partial charge on any atom is 0.244 e. The number of hydrogen-bond acceptors (Lipinski definition) is 4. The van der Waals surface area contributed by atoms with Crippen LogP contribution in [0.2, 0.25) is 10.0 Å². The van der Waals surface area contributed by atoms with Gasteiger partial charge in [0.15, 0.2) is 0 Å². The van der Waals surface area contributed by atoms with E-state index in [4.69, 9.17) is 23.2 Å². The summed E-state index contributed by atoms with van der Waals surface area (Å²) >= 11 is 12.7. The van der Waals surface area contributed by atoms with Gasteiger partial charge in [-0.05, 0) is 56.5 Å². The fourth-order valence-corrected chi connectivity index (χ4v) is 4.97. The van der Waals surface area contributed by atoms with Crippen molar-refractivity contribution in [3.63, 3.8) is 0 Å². The summed E-state index contributed by atoms with van der Waals surface area (Å²) in [6.45, 7) is 6.94. The van der Waals surface area contributed by atoms with Crippen LogP contribution in [0, 0.1) is 6.92 Å². The summed E-state index contributed by atoms with van der Waals surface area (Å²) in [6.07, 6.45) is 2.09. The number of nitrogens with zero attached hydrogens (tertiary/aromatic N) is 2. The Morgan fingerprint density at radius 1 is 1.03 bits per heavy atom. The summed E-state index contributed by atoms with van der Waals surface area (Å²) < 4.78 is 26.4. The van der Waals surface area contributed by atoms with Crippen molar-refractivity contribution in [1.82, 2.24) is 10.2 Å². The Morgan fingerprint density at radius 2 is 1.63 bits per heavy atom. The van der Waals surface area contributed by atoms with Gasteiger partial charge < -0.3 is 10.2 Å². The summed E-state index contributed by atoms with van der Waals surface area (Å²) in [4.78, 5) is 28.2. The lowest BCUT2D eigenvalue weighted by atomic mass is 10.1. The molecule has 10 heteroatoms. The average molecular weight is 543 g/mol. The van der Waals surface area contributed by atoms with Crippen molar-refractivity contribution >= 4 is 50.7 Å². The van der Waals surface area contributed by atoms with E-state index in [2.05, 4.69) is 5.32 Å². The molecule has 0 aliphatic heterocycles. The van der Waals surface area contributed by atoms with Gasteiger partial charge >= 0.3 is 0 Å². The van der Waals surface area contributed by atoms with Gasteiger partial charge in [-0.15, -0.1) is 0 Å². The number of nitrogens with one attached hydrogen (secondary N) is 1. The van der Waals surface area contributed by atoms with Gasteiger partial charge in [0.25, 0.3) is 0 Å². The van der Waals surface area contributed by atoms with E-state index >= 15 is 0 Å². The zero-order valence-corrected chi connectivity index (χ0v) is 23.0. The van der Waals surface area contributed by atoms with Gasteiger partial charge in [-0.2, -0.15) is 0 Å². The van der Waals surface area contributed by atoms with Crippen molar-refractivity contribution in [2.45, 2.75) is 59.2 Å². The van der Waals surface area contributed by atoms with Crippen LogP contribution < -0.4 is 9.62 Å². The van der Waals surface area contributed by atoms with Gasteiger partial charge in [0.2, 0.25) is 21.8 Å². The molecular weight excluding hydrogens is 509 g/mol. The molecule has 2 amide bonds. The number of aryl methyl sites for hydroxylation is 1. The number of carbonyl (C=O) groups excluding carboxylic acids is 2. The van der Waals surface area contributed by atoms with Crippen molar-refractivity contribution < 1.29 is 18.0 Å². The highest BCUT2D eigenvalue weighted by molar-refractivity contribution is 7.92. The molecule has 0 aromatic heterocycles. The highest BCUT2D eigenvalue weighted by atomic mass is 35.5. The zero-order chi connectivity index (χ0) is 26.3. The topological polar surface area (TPSA) is 86.8 Å². The second-order valence-electron chi connectivity index (χ2n) is 8.57. The molecule has 0 radical (unpaired) electrons. The number of hydrogen-bond donors (Lipinski definition) is 1. The quantitative estimate of drug-likeness (QED) is 0.443. The Kier molecular flexibility index (Phi) is 10.4. The van der Waals surface area contributed by atoms with E-state index in [-0.39, 0.29) is 18.5 Å². The molecule has 2 atom stereocenters. The lowest BCUT2D eigenvalue weighted by Gasteiger charge is -2.33. The molecule has 2 rings (SSSR count). The van der Waals surface area contributed by atoms with Gasteiger partial charge in [-0.25, -0.2) is 8.42 Å². The van der Waals surface area contributed by atoms with Crippen LogP contribution in [0.25, 0.3) is 0 Å². The van der Waals surface area contributed by atoms with Crippen molar-refractivity contribution in [1.29, 1.82) is 0 Å². The van der Waals surface area contributed by atoms with Crippen molar-refractivity contribution in [2.24, 2.45) is 0 Å². The molecule has 0 fully saturated rings. The van der Waals surface area contributed by atoms with Crippen LogP contribution in [0.1, 0.15) is 44.7 Å². The molecule has 0 aliphatic rings. The fourth-order valence-electron chi connectivity index (χ4n) is 3.61. The highest BCUT2D eigenvalue weighted by Crippen LogP contribution is 2.28. The normalized spacial score (nSPS) is 13.1. The molecule has 0 saturated carbocycles. The average Bonchev–Trinajstić information content (AvgIpc) is 2.78. The number of amides is 2. The fraction of sp³-hybridized carbons (Fsp3) is 0.440. The third kappa shape index (κ3) is 7.85. The Balaban J connectivity index is 2.50. The van der Waals surface area contributed by atoms with Crippen LogP contribution in [0.15, 0.2) is 42.5 Å². The number of rotatable bonds is 11. The molecule has 0 spiro atoms. The van der Waals surface area contributed by atoms with Gasteiger partial charge in [0, 0.05) is 28.2 Å². The molecular formula is C25H33Cl2N3O4S. The highest BCUT2D eigenvalue weighted by Gasteiger charge is 2.32. The molecule has 1 N–H and O–H groups in total. The standard InChI is InChI=1S/C25H33Cl2N3O4S/c1-6-18(4)28-25(32)23(7-2)29(15-20-21(26)12-9-13-22(20)27)24(31)16-30(35(5,33)34)19-11-8-10-17(3)14-19/h8-14,18,23H,6-7,15-16H2,1-5H3,(H,28,32). The number of halogens is 2. The molecule has 0 aliphatic carbocycles. The van der Waals surface area contributed by atoms with Crippen LogP contribution >= 0.6 is 23.2 Å². The minimum Gasteiger partial charge on any atom is -0.352 e. The third-order valence-electron chi connectivity index (χ3n) is 5.75. The molecule has 0 heterocycles. The van der Waals surface area contributed by atoms with Crippen LogP contribution in [0.5, 0.6) is 0 Å². The summed E-state index contributed by atoms with van der Waals surface area (Å²) in [5.41, 5.74) is 1.71. The van der Waals surface area contributed by atoms with Crippen LogP contribution in [0.4, 0.5) is 5.69 Å². The number of sulfonamides is 1. The smallest absolute Gasteiger partial charge is 0.244 e. The van der Waals surface area contributed by atoms with Gasteiger partial charge in [-0.3, -0.25) is 13.9 Å². The Labute approximate surface area is 218 Å².